The predicted octanol–water partition coefficient (Wildman–Crippen LogP) is 9.75. The summed E-state index contributed by atoms with van der Waals surface area (Å²) in [5.41, 5.74) is 0. The van der Waals surface area contributed by atoms with Gasteiger partial charge in [-0.3, -0.25) is 4.79 Å². The van der Waals surface area contributed by atoms with Crippen LogP contribution in [0.3, 0.4) is 0 Å². The SMILES string of the molecule is CCCCCCCC/C=C\CCCCCCCC(=O)OS(=O)(=O)OCCCCCCCCCCCC. The van der Waals surface area contributed by atoms with Crippen LogP contribution < -0.4 is 0 Å². The zero-order valence-electron chi connectivity index (χ0n) is 23.8. The van der Waals surface area contributed by atoms with E-state index in [1.165, 1.54) is 96.3 Å². The number of carbonyl (C=O) groups is 1. The summed E-state index contributed by atoms with van der Waals surface area (Å²) in [5, 5.41) is 0. The number of hydrogen-bond acceptors (Lipinski definition) is 5. The number of allylic oxidation sites excluding steroid dienone is 2. The highest BCUT2D eigenvalue weighted by Gasteiger charge is 2.17. The van der Waals surface area contributed by atoms with E-state index < -0.39 is 16.4 Å². The van der Waals surface area contributed by atoms with Gasteiger partial charge in [0.05, 0.1) is 6.61 Å². The second-order valence-corrected chi connectivity index (χ2v) is 11.4. The summed E-state index contributed by atoms with van der Waals surface area (Å²) >= 11 is 0. The molecule has 0 aromatic carbocycles. The zero-order chi connectivity index (χ0) is 26.6. The van der Waals surface area contributed by atoms with Gasteiger partial charge < -0.3 is 4.18 Å². The molecular weight excluding hydrogens is 472 g/mol. The van der Waals surface area contributed by atoms with Crippen molar-refractivity contribution in [1.29, 1.82) is 0 Å². The van der Waals surface area contributed by atoms with Crippen molar-refractivity contribution in [3.63, 3.8) is 0 Å². The smallest absolute Gasteiger partial charge is 0.325 e. The molecular formula is C30H58O5S. The van der Waals surface area contributed by atoms with Crippen LogP contribution in [0.25, 0.3) is 0 Å². The topological polar surface area (TPSA) is 69.7 Å². The normalized spacial score (nSPS) is 11.9. The molecule has 0 saturated heterocycles. The molecule has 0 aliphatic rings. The molecule has 5 nitrogen and oxygen atoms in total. The maximum atomic E-state index is 11.8. The monoisotopic (exact) mass is 530 g/mol. The average Bonchev–Trinajstić information content (AvgIpc) is 2.84. The maximum Gasteiger partial charge on any atom is 0.451 e. The van der Waals surface area contributed by atoms with Crippen molar-refractivity contribution in [3.8, 4) is 0 Å². The summed E-state index contributed by atoms with van der Waals surface area (Å²) < 4.78 is 33.0. The second kappa shape index (κ2) is 27.2. The van der Waals surface area contributed by atoms with Crippen molar-refractivity contribution >= 4 is 16.4 Å². The van der Waals surface area contributed by atoms with Crippen LogP contribution >= 0.6 is 0 Å². The molecule has 0 radical (unpaired) electrons. The van der Waals surface area contributed by atoms with E-state index in [4.69, 9.17) is 4.18 Å². The first-order valence-electron chi connectivity index (χ1n) is 15.3. The third-order valence-corrected chi connectivity index (χ3v) is 7.41. The quantitative estimate of drug-likeness (QED) is 0.0743. The van der Waals surface area contributed by atoms with Crippen LogP contribution in [0.1, 0.15) is 168 Å². The second-order valence-electron chi connectivity index (χ2n) is 10.2. The van der Waals surface area contributed by atoms with Gasteiger partial charge in [0.15, 0.2) is 0 Å². The number of carbonyl (C=O) groups excluding carboxylic acids is 1. The first kappa shape index (κ1) is 35.1. The van der Waals surface area contributed by atoms with Crippen LogP contribution in [0.4, 0.5) is 0 Å². The number of unbranched alkanes of at least 4 members (excludes halogenated alkanes) is 20. The van der Waals surface area contributed by atoms with Gasteiger partial charge in [0.1, 0.15) is 0 Å². The Labute approximate surface area is 224 Å². The molecule has 0 aromatic heterocycles. The Morgan fingerprint density at radius 1 is 0.556 bits per heavy atom. The third-order valence-electron chi connectivity index (χ3n) is 6.56. The van der Waals surface area contributed by atoms with E-state index in [1.807, 2.05) is 0 Å². The summed E-state index contributed by atoms with van der Waals surface area (Å²) in [4.78, 5) is 11.8. The molecule has 0 atom stereocenters. The molecule has 6 heteroatoms. The Morgan fingerprint density at radius 3 is 1.42 bits per heavy atom. The van der Waals surface area contributed by atoms with Gasteiger partial charge in [0.2, 0.25) is 0 Å². The van der Waals surface area contributed by atoms with E-state index in [9.17, 15) is 13.2 Å². The lowest BCUT2D eigenvalue weighted by molar-refractivity contribution is -0.134. The largest absolute Gasteiger partial charge is 0.451 e. The van der Waals surface area contributed by atoms with Crippen molar-refractivity contribution in [2.45, 2.75) is 168 Å². The van der Waals surface area contributed by atoms with Gasteiger partial charge in [0, 0.05) is 6.42 Å². The summed E-state index contributed by atoms with van der Waals surface area (Å²) in [6.07, 6.45) is 31.7. The molecule has 0 bridgehead atoms. The van der Waals surface area contributed by atoms with E-state index in [1.54, 1.807) is 0 Å². The summed E-state index contributed by atoms with van der Waals surface area (Å²) in [5.74, 6) is -0.712. The van der Waals surface area contributed by atoms with Gasteiger partial charge in [-0.15, -0.1) is 0 Å². The first-order valence-corrected chi connectivity index (χ1v) is 16.6. The highest BCUT2D eigenvalue weighted by molar-refractivity contribution is 7.82. The van der Waals surface area contributed by atoms with Crippen LogP contribution in [0.2, 0.25) is 0 Å². The zero-order valence-corrected chi connectivity index (χ0v) is 24.6. The van der Waals surface area contributed by atoms with Crippen molar-refractivity contribution < 1.29 is 21.6 Å². The molecule has 36 heavy (non-hydrogen) atoms. The van der Waals surface area contributed by atoms with Crippen molar-refractivity contribution in [3.05, 3.63) is 12.2 Å². The van der Waals surface area contributed by atoms with Crippen LogP contribution in [-0.4, -0.2) is 21.0 Å². The Hall–Kier alpha value is -0.880. The standard InChI is InChI=1S/C30H58O5S/c1-3-5-7-9-11-13-15-16-17-18-19-20-22-24-26-28-30(31)35-36(32,33)34-29-27-25-23-21-14-12-10-8-6-4-2/h16-17H,3-15,18-29H2,1-2H3/b17-16-. The highest BCUT2D eigenvalue weighted by Crippen LogP contribution is 2.13. The summed E-state index contributed by atoms with van der Waals surface area (Å²) in [6, 6.07) is 0. The third kappa shape index (κ3) is 27.7. The fraction of sp³-hybridized carbons (Fsp3) is 0.900. The lowest BCUT2D eigenvalue weighted by atomic mass is 10.1. The van der Waals surface area contributed by atoms with Crippen molar-refractivity contribution in [2.24, 2.45) is 0 Å². The molecule has 214 valence electrons. The molecule has 0 aliphatic carbocycles. The number of rotatable bonds is 28. The van der Waals surface area contributed by atoms with Crippen LogP contribution in [-0.2, 0) is 23.6 Å². The molecule has 0 rings (SSSR count). The van der Waals surface area contributed by atoms with Gasteiger partial charge in [0.25, 0.3) is 0 Å². The molecule has 0 heterocycles. The first-order chi connectivity index (χ1) is 17.5. The predicted molar refractivity (Wildman–Crippen MR) is 152 cm³/mol. The average molecular weight is 531 g/mol. The Kier molecular flexibility index (Phi) is 26.5. The fourth-order valence-electron chi connectivity index (χ4n) is 4.27. The molecule has 0 N–H and O–H groups in total. The van der Waals surface area contributed by atoms with Crippen LogP contribution in [0.5, 0.6) is 0 Å². The summed E-state index contributed by atoms with van der Waals surface area (Å²) in [7, 11) is -4.22. The van der Waals surface area contributed by atoms with Gasteiger partial charge in [-0.1, -0.05) is 135 Å². The molecule has 0 fully saturated rings. The fourth-order valence-corrected chi connectivity index (χ4v) is 4.95. The van der Waals surface area contributed by atoms with E-state index in [0.717, 1.165) is 38.5 Å². The van der Waals surface area contributed by atoms with Gasteiger partial charge in [-0.05, 0) is 38.5 Å². The molecule has 0 unspecified atom stereocenters. The Bertz CT molecular complexity index is 600. The molecule has 0 spiro atoms. The highest BCUT2D eigenvalue weighted by atomic mass is 32.3. The number of hydrogen-bond donors (Lipinski definition) is 0. The lowest BCUT2D eigenvalue weighted by Crippen LogP contribution is -2.16. The Balaban J connectivity index is 3.49. The van der Waals surface area contributed by atoms with E-state index >= 15 is 0 Å². The molecule has 0 amide bonds. The van der Waals surface area contributed by atoms with E-state index in [-0.39, 0.29) is 13.0 Å². The molecule has 0 saturated carbocycles. The summed E-state index contributed by atoms with van der Waals surface area (Å²) in [6.45, 7) is 4.56. The van der Waals surface area contributed by atoms with Crippen molar-refractivity contribution in [1.82, 2.24) is 0 Å². The maximum absolute atomic E-state index is 11.8. The Morgan fingerprint density at radius 2 is 0.944 bits per heavy atom. The van der Waals surface area contributed by atoms with Crippen LogP contribution in [0, 0.1) is 0 Å². The van der Waals surface area contributed by atoms with Crippen molar-refractivity contribution in [2.75, 3.05) is 6.61 Å². The van der Waals surface area contributed by atoms with E-state index in [0.29, 0.717) is 12.8 Å². The van der Waals surface area contributed by atoms with Gasteiger partial charge in [-0.2, -0.15) is 8.42 Å². The molecule has 0 aromatic rings. The van der Waals surface area contributed by atoms with Gasteiger partial charge >= 0.3 is 16.4 Å². The van der Waals surface area contributed by atoms with E-state index in [2.05, 4.69) is 30.2 Å². The molecule has 0 aliphatic heterocycles. The van der Waals surface area contributed by atoms with Crippen LogP contribution in [0.15, 0.2) is 12.2 Å². The minimum absolute atomic E-state index is 0.0829. The minimum atomic E-state index is -4.22. The van der Waals surface area contributed by atoms with Gasteiger partial charge in [-0.25, -0.2) is 4.18 Å². The lowest BCUT2D eigenvalue weighted by Gasteiger charge is -2.06. The minimum Gasteiger partial charge on any atom is -0.325 e.